The summed E-state index contributed by atoms with van der Waals surface area (Å²) >= 11 is 5.21. The molecule has 0 fully saturated rings. The third kappa shape index (κ3) is 3.26. The van der Waals surface area contributed by atoms with E-state index in [1.54, 1.807) is 11.3 Å². The van der Waals surface area contributed by atoms with Gasteiger partial charge in [-0.25, -0.2) is 0 Å². The Hall–Kier alpha value is -1.43. The Morgan fingerprint density at radius 2 is 2.19 bits per heavy atom. The van der Waals surface area contributed by atoms with Crippen molar-refractivity contribution >= 4 is 43.9 Å². The van der Waals surface area contributed by atoms with Crippen LogP contribution in [0.2, 0.25) is 0 Å². The van der Waals surface area contributed by atoms with Gasteiger partial charge in [-0.3, -0.25) is 4.98 Å². The van der Waals surface area contributed by atoms with E-state index in [0.29, 0.717) is 6.42 Å². The van der Waals surface area contributed by atoms with Crippen molar-refractivity contribution < 1.29 is 5.11 Å². The lowest BCUT2D eigenvalue weighted by Gasteiger charge is -2.19. The molecule has 0 spiro atoms. The molecule has 21 heavy (non-hydrogen) atoms. The highest BCUT2D eigenvalue weighted by Crippen LogP contribution is 2.31. The Kier molecular flexibility index (Phi) is 4.53. The molecule has 0 amide bonds. The lowest BCUT2D eigenvalue weighted by Crippen LogP contribution is -2.11. The first-order valence-corrected chi connectivity index (χ1v) is 8.40. The molecule has 1 unspecified atom stereocenters. The van der Waals surface area contributed by atoms with E-state index in [4.69, 9.17) is 0 Å². The summed E-state index contributed by atoms with van der Waals surface area (Å²) in [5.74, 6) is 0. The number of nitrogens with one attached hydrogen (secondary N) is 1. The molecule has 108 valence electrons. The van der Waals surface area contributed by atoms with E-state index in [0.717, 1.165) is 21.1 Å². The lowest BCUT2D eigenvalue weighted by molar-refractivity contribution is 0.280. The van der Waals surface area contributed by atoms with Crippen LogP contribution in [0.5, 0.6) is 0 Å². The first-order valence-electron chi connectivity index (χ1n) is 6.73. The van der Waals surface area contributed by atoms with Gasteiger partial charge in [0.25, 0.3) is 0 Å². The number of aliphatic hydroxyl groups is 1. The van der Waals surface area contributed by atoms with Gasteiger partial charge >= 0.3 is 0 Å². The second-order valence-corrected chi connectivity index (χ2v) is 6.64. The van der Waals surface area contributed by atoms with Gasteiger partial charge < -0.3 is 10.4 Å². The summed E-state index contributed by atoms with van der Waals surface area (Å²) in [4.78, 5) is 5.62. The summed E-state index contributed by atoms with van der Waals surface area (Å²) < 4.78 is 1.03. The van der Waals surface area contributed by atoms with Gasteiger partial charge in [0, 0.05) is 33.2 Å². The summed E-state index contributed by atoms with van der Waals surface area (Å²) in [6, 6.07) is 12.3. The minimum atomic E-state index is 0.111. The molecule has 0 aliphatic carbocycles. The Morgan fingerprint density at radius 1 is 1.29 bits per heavy atom. The van der Waals surface area contributed by atoms with Crippen molar-refractivity contribution in [2.24, 2.45) is 0 Å². The summed E-state index contributed by atoms with van der Waals surface area (Å²) in [5, 5.41) is 16.0. The molecule has 0 aliphatic rings. The van der Waals surface area contributed by atoms with Gasteiger partial charge in [-0.2, -0.15) is 0 Å². The van der Waals surface area contributed by atoms with Crippen LogP contribution < -0.4 is 5.32 Å². The quantitative estimate of drug-likeness (QED) is 0.697. The number of aliphatic hydroxyl groups excluding tert-OH is 1. The Balaban J connectivity index is 1.97. The van der Waals surface area contributed by atoms with E-state index in [2.05, 4.69) is 43.7 Å². The lowest BCUT2D eigenvalue weighted by atomic mass is 10.1. The second-order valence-electron chi connectivity index (χ2n) is 4.74. The topological polar surface area (TPSA) is 45.1 Å². The third-order valence-corrected chi connectivity index (χ3v) is 4.82. The molecule has 0 saturated heterocycles. The van der Waals surface area contributed by atoms with Crippen LogP contribution in [-0.2, 0) is 0 Å². The molecule has 5 heteroatoms. The third-order valence-electron chi connectivity index (χ3n) is 3.34. The molecule has 1 aromatic carbocycles. The van der Waals surface area contributed by atoms with E-state index in [-0.39, 0.29) is 12.6 Å². The van der Waals surface area contributed by atoms with Gasteiger partial charge in [0.2, 0.25) is 0 Å². The normalized spacial score (nSPS) is 12.5. The van der Waals surface area contributed by atoms with Crippen LogP contribution in [0.4, 0.5) is 5.69 Å². The van der Waals surface area contributed by atoms with Crippen molar-refractivity contribution in [2.75, 3.05) is 11.9 Å². The number of aromatic nitrogens is 1. The van der Waals surface area contributed by atoms with Crippen LogP contribution in [-0.4, -0.2) is 16.7 Å². The SMILES string of the molecule is OCCC(Nc1ccnc2ccc(Br)cc12)c1cccs1. The van der Waals surface area contributed by atoms with E-state index < -0.39 is 0 Å². The van der Waals surface area contributed by atoms with Crippen molar-refractivity contribution in [1.29, 1.82) is 0 Å². The highest BCUT2D eigenvalue weighted by molar-refractivity contribution is 9.10. The van der Waals surface area contributed by atoms with E-state index >= 15 is 0 Å². The molecule has 0 saturated carbocycles. The number of rotatable bonds is 5. The average Bonchev–Trinajstić information content (AvgIpc) is 3.01. The summed E-state index contributed by atoms with van der Waals surface area (Å²) in [5.41, 5.74) is 1.99. The van der Waals surface area contributed by atoms with Gasteiger partial charge in [0.15, 0.2) is 0 Å². The first kappa shape index (κ1) is 14.5. The minimum Gasteiger partial charge on any atom is -0.396 e. The number of thiophene rings is 1. The molecule has 3 nitrogen and oxygen atoms in total. The Labute approximate surface area is 135 Å². The van der Waals surface area contributed by atoms with Gasteiger partial charge in [-0.1, -0.05) is 22.0 Å². The van der Waals surface area contributed by atoms with E-state index in [1.807, 2.05) is 30.5 Å². The van der Waals surface area contributed by atoms with Gasteiger partial charge in [-0.15, -0.1) is 11.3 Å². The number of hydrogen-bond acceptors (Lipinski definition) is 4. The number of halogens is 1. The van der Waals surface area contributed by atoms with Crippen LogP contribution in [0, 0.1) is 0 Å². The molecule has 1 atom stereocenters. The van der Waals surface area contributed by atoms with Crippen molar-refractivity contribution in [3.63, 3.8) is 0 Å². The molecule has 3 rings (SSSR count). The van der Waals surface area contributed by atoms with Gasteiger partial charge in [-0.05, 0) is 42.1 Å². The number of benzene rings is 1. The fourth-order valence-electron chi connectivity index (χ4n) is 2.34. The van der Waals surface area contributed by atoms with Crippen LogP contribution in [0.1, 0.15) is 17.3 Å². The maximum atomic E-state index is 9.32. The van der Waals surface area contributed by atoms with Crippen molar-refractivity contribution in [3.8, 4) is 0 Å². The van der Waals surface area contributed by atoms with Crippen LogP contribution >= 0.6 is 27.3 Å². The predicted molar refractivity (Wildman–Crippen MR) is 91.8 cm³/mol. The predicted octanol–water partition coefficient (Wildman–Crippen LogP) is 4.59. The molecule has 0 radical (unpaired) electrons. The maximum Gasteiger partial charge on any atom is 0.0723 e. The number of anilines is 1. The minimum absolute atomic E-state index is 0.111. The maximum absolute atomic E-state index is 9.32. The zero-order valence-corrected chi connectivity index (χ0v) is 13.7. The van der Waals surface area contributed by atoms with Crippen molar-refractivity contribution in [3.05, 3.63) is 57.3 Å². The molecular formula is C16H15BrN2OS. The largest absolute Gasteiger partial charge is 0.396 e. The standard InChI is InChI=1S/C16H15BrN2OS/c17-11-3-4-13-12(10-11)14(5-7-18-13)19-15(6-8-20)16-2-1-9-21-16/h1-5,7,9-10,15,20H,6,8H2,(H,18,19). The van der Waals surface area contributed by atoms with Crippen LogP contribution in [0.3, 0.4) is 0 Å². The van der Waals surface area contributed by atoms with Crippen LogP contribution in [0.15, 0.2) is 52.4 Å². The number of nitrogens with zero attached hydrogens (tertiary/aromatic N) is 1. The smallest absolute Gasteiger partial charge is 0.0723 e. The van der Waals surface area contributed by atoms with Gasteiger partial charge in [0.1, 0.15) is 0 Å². The van der Waals surface area contributed by atoms with Crippen LogP contribution in [0.25, 0.3) is 10.9 Å². The van der Waals surface area contributed by atoms with E-state index in [1.165, 1.54) is 4.88 Å². The Morgan fingerprint density at radius 3 is 2.95 bits per heavy atom. The molecular weight excluding hydrogens is 348 g/mol. The summed E-state index contributed by atoms with van der Waals surface area (Å²) in [7, 11) is 0. The van der Waals surface area contributed by atoms with Crippen molar-refractivity contribution in [1.82, 2.24) is 4.98 Å². The Bertz CT molecular complexity index is 730. The molecule has 0 aliphatic heterocycles. The molecule has 2 heterocycles. The van der Waals surface area contributed by atoms with Crippen molar-refractivity contribution in [2.45, 2.75) is 12.5 Å². The average molecular weight is 363 g/mol. The second kappa shape index (κ2) is 6.56. The molecule has 2 N–H and O–H groups in total. The summed E-state index contributed by atoms with van der Waals surface area (Å²) in [6.45, 7) is 0.155. The van der Waals surface area contributed by atoms with E-state index in [9.17, 15) is 5.11 Å². The van der Waals surface area contributed by atoms with Gasteiger partial charge in [0.05, 0.1) is 11.6 Å². The molecule has 2 aromatic heterocycles. The zero-order valence-electron chi connectivity index (χ0n) is 11.3. The molecule has 3 aromatic rings. The fraction of sp³-hybridized carbons (Fsp3) is 0.188. The summed E-state index contributed by atoms with van der Waals surface area (Å²) in [6.07, 6.45) is 2.49. The number of hydrogen-bond donors (Lipinski definition) is 2. The highest BCUT2D eigenvalue weighted by Gasteiger charge is 2.13. The number of fused-ring (bicyclic) bond motifs is 1. The highest BCUT2D eigenvalue weighted by atomic mass is 79.9. The monoisotopic (exact) mass is 362 g/mol. The number of pyridine rings is 1. The fourth-order valence-corrected chi connectivity index (χ4v) is 3.51. The molecule has 0 bridgehead atoms. The first-order chi connectivity index (χ1) is 10.3. The zero-order chi connectivity index (χ0) is 14.7.